The van der Waals surface area contributed by atoms with Crippen LogP contribution in [0.1, 0.15) is 55.6 Å². The van der Waals surface area contributed by atoms with Gasteiger partial charge in [0.2, 0.25) is 0 Å². The van der Waals surface area contributed by atoms with Gasteiger partial charge in [0.05, 0.1) is 12.4 Å². The van der Waals surface area contributed by atoms with Crippen molar-refractivity contribution < 1.29 is 19.7 Å². The van der Waals surface area contributed by atoms with Crippen LogP contribution in [0.25, 0.3) is 0 Å². The molecule has 6 heteroatoms. The summed E-state index contributed by atoms with van der Waals surface area (Å²) in [5.41, 5.74) is 2.58. The van der Waals surface area contributed by atoms with E-state index < -0.39 is 5.41 Å². The number of fused-ring (bicyclic) bond motifs is 1. The number of Topliss-reactive ketones (excluding diaryl/α,β-unsaturated/α-hetero) is 1. The van der Waals surface area contributed by atoms with Crippen LogP contribution in [0.4, 0.5) is 0 Å². The van der Waals surface area contributed by atoms with Gasteiger partial charge in [-0.05, 0) is 60.8 Å². The summed E-state index contributed by atoms with van der Waals surface area (Å²) in [6, 6.07) is 12.4. The number of rotatable bonds is 3. The van der Waals surface area contributed by atoms with E-state index in [4.69, 9.17) is 4.74 Å². The van der Waals surface area contributed by atoms with Gasteiger partial charge >= 0.3 is 0 Å². The molecule has 2 aromatic carbocycles. The SMILES string of the molecule is COC1=CC2[C@@H]3[C@H](Sc4ccc(C(C)(C)C)cc4)c4ccc(O)c(O)c4[C@]2(CCN3C)CC1=O. The van der Waals surface area contributed by atoms with E-state index in [2.05, 4.69) is 57.0 Å². The molecule has 1 aliphatic heterocycles. The third-order valence-electron chi connectivity index (χ3n) is 8.01. The average Bonchev–Trinajstić information content (AvgIpc) is 2.79. The van der Waals surface area contributed by atoms with Crippen molar-refractivity contribution in [2.75, 3.05) is 20.7 Å². The molecule has 0 saturated carbocycles. The second-order valence-corrected chi connectivity index (χ2v) is 12.2. The Morgan fingerprint density at radius 3 is 2.47 bits per heavy atom. The minimum absolute atomic E-state index is 0.00884. The van der Waals surface area contributed by atoms with Gasteiger partial charge < -0.3 is 19.8 Å². The molecule has 180 valence electrons. The lowest BCUT2D eigenvalue weighted by Gasteiger charge is -2.58. The number of methoxy groups -OCH3 is 1. The molecule has 2 N–H and O–H groups in total. The summed E-state index contributed by atoms with van der Waals surface area (Å²) >= 11 is 1.79. The van der Waals surface area contributed by atoms with Crippen LogP contribution in [-0.4, -0.2) is 47.6 Å². The predicted molar refractivity (Wildman–Crippen MR) is 134 cm³/mol. The van der Waals surface area contributed by atoms with Crippen molar-refractivity contribution in [3.63, 3.8) is 0 Å². The molecular weight excluding hydrogens is 446 g/mol. The number of phenolic OH excluding ortho intramolecular Hbond substituents is 2. The highest BCUT2D eigenvalue weighted by molar-refractivity contribution is 7.99. The smallest absolute Gasteiger partial charge is 0.197 e. The first kappa shape index (κ1) is 23.3. The first-order valence-electron chi connectivity index (χ1n) is 11.9. The zero-order valence-electron chi connectivity index (χ0n) is 20.5. The first-order valence-corrected chi connectivity index (χ1v) is 12.8. The predicted octanol–water partition coefficient (Wildman–Crippen LogP) is 5.30. The van der Waals surface area contributed by atoms with Crippen molar-refractivity contribution >= 4 is 17.5 Å². The number of phenols is 2. The quantitative estimate of drug-likeness (QED) is 0.582. The van der Waals surface area contributed by atoms with Crippen molar-refractivity contribution in [1.29, 1.82) is 0 Å². The van der Waals surface area contributed by atoms with Gasteiger partial charge in [-0.25, -0.2) is 0 Å². The van der Waals surface area contributed by atoms with Crippen LogP contribution in [0.3, 0.4) is 0 Å². The summed E-state index contributed by atoms with van der Waals surface area (Å²) in [5.74, 6) is 0.144. The number of allylic oxidation sites excluding steroid dienone is 1. The van der Waals surface area contributed by atoms with Crippen molar-refractivity contribution in [2.24, 2.45) is 5.92 Å². The van der Waals surface area contributed by atoms with E-state index in [1.807, 2.05) is 12.1 Å². The normalized spacial score (nSPS) is 28.7. The number of likely N-dealkylation sites (N-methyl/N-ethyl adjacent to an activating group) is 1. The third kappa shape index (κ3) is 3.45. The molecule has 4 atom stereocenters. The fourth-order valence-electron chi connectivity index (χ4n) is 6.22. The summed E-state index contributed by atoms with van der Waals surface area (Å²) in [4.78, 5) is 16.5. The molecule has 34 heavy (non-hydrogen) atoms. The molecule has 1 saturated heterocycles. The molecule has 2 bridgehead atoms. The molecule has 3 aliphatic rings. The molecule has 5 rings (SSSR count). The van der Waals surface area contributed by atoms with Crippen LogP contribution in [0.5, 0.6) is 11.5 Å². The van der Waals surface area contributed by atoms with Crippen LogP contribution in [0, 0.1) is 5.92 Å². The minimum Gasteiger partial charge on any atom is -0.504 e. The minimum atomic E-state index is -0.540. The summed E-state index contributed by atoms with van der Waals surface area (Å²) in [6.07, 6.45) is 3.00. The lowest BCUT2D eigenvalue weighted by atomic mass is 9.53. The van der Waals surface area contributed by atoms with E-state index in [-0.39, 0.29) is 46.3 Å². The average molecular weight is 480 g/mol. The fourth-order valence-corrected chi connectivity index (χ4v) is 7.65. The second-order valence-electron chi connectivity index (χ2n) is 10.9. The summed E-state index contributed by atoms with van der Waals surface area (Å²) in [6.45, 7) is 7.45. The summed E-state index contributed by atoms with van der Waals surface area (Å²) in [7, 11) is 3.69. The van der Waals surface area contributed by atoms with Gasteiger partial charge in [-0.3, -0.25) is 4.79 Å². The number of hydrogen-bond donors (Lipinski definition) is 2. The molecule has 2 aliphatic carbocycles. The van der Waals surface area contributed by atoms with E-state index in [9.17, 15) is 15.0 Å². The van der Waals surface area contributed by atoms with Gasteiger partial charge in [0.25, 0.3) is 0 Å². The van der Waals surface area contributed by atoms with Crippen molar-refractivity contribution in [2.45, 2.75) is 60.6 Å². The number of carbonyl (C=O) groups is 1. The largest absolute Gasteiger partial charge is 0.504 e. The maximum Gasteiger partial charge on any atom is 0.197 e. The zero-order chi connectivity index (χ0) is 24.4. The highest BCUT2D eigenvalue weighted by Crippen LogP contribution is 2.63. The number of aromatic hydroxyl groups is 2. The number of ether oxygens (including phenoxy) is 1. The second kappa shape index (κ2) is 8.06. The topological polar surface area (TPSA) is 70.0 Å². The molecule has 5 nitrogen and oxygen atoms in total. The first-order chi connectivity index (χ1) is 16.1. The van der Waals surface area contributed by atoms with Crippen LogP contribution in [0.2, 0.25) is 0 Å². The van der Waals surface area contributed by atoms with E-state index in [0.29, 0.717) is 5.76 Å². The van der Waals surface area contributed by atoms with E-state index in [1.54, 1.807) is 24.9 Å². The highest BCUT2D eigenvalue weighted by atomic mass is 32.2. The Kier molecular flexibility index (Phi) is 5.53. The Morgan fingerprint density at radius 1 is 1.12 bits per heavy atom. The fraction of sp³-hybridized carbons (Fsp3) is 0.464. The van der Waals surface area contributed by atoms with Crippen LogP contribution in [0.15, 0.2) is 53.1 Å². The van der Waals surface area contributed by atoms with Crippen LogP contribution in [-0.2, 0) is 20.4 Å². The van der Waals surface area contributed by atoms with Crippen LogP contribution >= 0.6 is 11.8 Å². The van der Waals surface area contributed by atoms with Gasteiger partial charge in [0.15, 0.2) is 23.0 Å². The zero-order valence-corrected chi connectivity index (χ0v) is 21.3. The molecule has 2 aromatic rings. The molecule has 0 radical (unpaired) electrons. The molecule has 1 heterocycles. The molecular formula is C28H33NO4S. The monoisotopic (exact) mass is 479 g/mol. The Hall–Kier alpha value is -2.44. The standard InChI is InChI=1S/C28H33NO4S/c1-27(2,3)16-6-8-17(9-7-16)34-26-18-10-11-20(30)25(32)23(18)28-12-13-29(4)24(26)19(28)14-22(33-5)21(31)15-28/h6-11,14,19,24,26,30,32H,12-13,15H2,1-5H3/t19?,24-,26-,28-/m1/s1. The van der Waals surface area contributed by atoms with Crippen molar-refractivity contribution in [1.82, 2.24) is 4.90 Å². The van der Waals surface area contributed by atoms with Gasteiger partial charge in [-0.1, -0.05) is 39.0 Å². The molecule has 0 spiro atoms. The number of hydrogen-bond acceptors (Lipinski definition) is 6. The maximum absolute atomic E-state index is 13.0. The lowest BCUT2D eigenvalue weighted by Crippen LogP contribution is -2.61. The Balaban J connectivity index is 1.67. The van der Waals surface area contributed by atoms with Crippen LogP contribution < -0.4 is 0 Å². The van der Waals surface area contributed by atoms with Crippen molar-refractivity contribution in [3.05, 3.63) is 64.9 Å². The summed E-state index contributed by atoms with van der Waals surface area (Å²) < 4.78 is 5.46. The van der Waals surface area contributed by atoms with Gasteiger partial charge in [-0.15, -0.1) is 11.8 Å². The number of thioether (sulfide) groups is 1. The van der Waals surface area contributed by atoms with E-state index >= 15 is 0 Å². The summed E-state index contributed by atoms with van der Waals surface area (Å²) in [5, 5.41) is 21.6. The van der Waals surface area contributed by atoms with Gasteiger partial charge in [-0.2, -0.15) is 0 Å². The number of benzene rings is 2. The number of nitrogens with zero attached hydrogens (tertiary/aromatic N) is 1. The van der Waals surface area contributed by atoms with E-state index in [1.165, 1.54) is 5.56 Å². The number of ketones is 1. The molecule has 1 fully saturated rings. The highest BCUT2D eigenvalue weighted by Gasteiger charge is 2.59. The number of piperidine rings is 1. The molecule has 0 amide bonds. The maximum atomic E-state index is 13.0. The molecule has 0 aromatic heterocycles. The van der Waals surface area contributed by atoms with E-state index in [0.717, 1.165) is 29.0 Å². The van der Waals surface area contributed by atoms with Gasteiger partial charge in [0, 0.05) is 34.3 Å². The Morgan fingerprint density at radius 2 is 1.82 bits per heavy atom. The van der Waals surface area contributed by atoms with Crippen molar-refractivity contribution in [3.8, 4) is 11.5 Å². The third-order valence-corrected chi connectivity index (χ3v) is 9.35. The Bertz CT molecular complexity index is 1170. The lowest BCUT2D eigenvalue weighted by molar-refractivity contribution is -0.122. The number of likely N-dealkylation sites (tertiary alicyclic amines) is 1. The number of carbonyl (C=O) groups excluding carboxylic acids is 1. The Labute approximate surface area is 205 Å². The molecule has 1 unspecified atom stereocenters. The van der Waals surface area contributed by atoms with Gasteiger partial charge in [0.1, 0.15) is 0 Å².